The molecule has 2 N–H and O–H groups in total. The smallest absolute Gasteiger partial charge is 0.228 e. The van der Waals surface area contributed by atoms with E-state index in [0.29, 0.717) is 12.8 Å². The van der Waals surface area contributed by atoms with Crippen molar-refractivity contribution in [3.63, 3.8) is 0 Å². The minimum atomic E-state index is -0.0171. The zero-order valence-electron chi connectivity index (χ0n) is 13.7. The fourth-order valence-corrected chi connectivity index (χ4v) is 2.57. The molecule has 1 unspecified atom stereocenters. The monoisotopic (exact) mass is 353 g/mol. The Balaban J connectivity index is 1.58. The average molecular weight is 353 g/mol. The summed E-state index contributed by atoms with van der Waals surface area (Å²) >= 11 is 0. The minimum absolute atomic E-state index is 0.0171. The zero-order valence-corrected chi connectivity index (χ0v) is 14.9. The average Bonchev–Trinajstić information content (AvgIpc) is 3.18. The number of imidazole rings is 1. The van der Waals surface area contributed by atoms with Crippen LogP contribution in [0.2, 0.25) is 0 Å². The number of anilines is 1. The second-order valence-corrected chi connectivity index (χ2v) is 5.92. The highest BCUT2D eigenvalue weighted by Gasteiger charge is 2.07. The van der Waals surface area contributed by atoms with Crippen molar-refractivity contribution < 1.29 is 9.53 Å². The molecule has 6 heteroatoms. The highest BCUT2D eigenvalue weighted by Crippen LogP contribution is 2.27. The van der Waals surface area contributed by atoms with Gasteiger partial charge < -0.3 is 15.0 Å². The Morgan fingerprint density at radius 3 is 2.68 bits per heavy atom. The number of carbonyl (C=O) groups is 1. The molecule has 0 bridgehead atoms. The van der Waals surface area contributed by atoms with Crippen molar-refractivity contribution in [2.75, 3.05) is 18.1 Å². The highest BCUT2D eigenvalue weighted by atomic mass is 31.0. The number of rotatable bonds is 7. The number of carbonyl (C=O) groups excluding carboxylic acids is 1. The van der Waals surface area contributed by atoms with Gasteiger partial charge in [0.25, 0.3) is 0 Å². The standard InChI is InChI=1S/C19H20N3O2P/c23-19(12-25)22-15-7-5-14(6-8-15)9-10-24-18-4-2-1-3-16(18)17-11-20-13-21-17/h1-8,11,13H,9-10,12,25H2,(H,20,21)(H,22,23). The van der Waals surface area contributed by atoms with Gasteiger partial charge in [0.1, 0.15) is 5.75 Å². The van der Waals surface area contributed by atoms with E-state index >= 15 is 0 Å². The number of aromatic nitrogens is 2. The molecule has 1 atom stereocenters. The molecule has 1 amide bonds. The van der Waals surface area contributed by atoms with Crippen LogP contribution in [0.4, 0.5) is 5.69 Å². The molecule has 1 aromatic heterocycles. The van der Waals surface area contributed by atoms with Gasteiger partial charge in [0.15, 0.2) is 0 Å². The first-order chi connectivity index (χ1) is 12.3. The molecule has 25 heavy (non-hydrogen) atoms. The molecule has 5 nitrogen and oxygen atoms in total. The second-order valence-electron chi connectivity index (χ2n) is 5.51. The number of aromatic amines is 1. The maximum atomic E-state index is 11.4. The maximum Gasteiger partial charge on any atom is 0.228 e. The van der Waals surface area contributed by atoms with E-state index in [1.807, 2.05) is 48.5 Å². The SMILES string of the molecule is O=C(CP)Nc1ccc(CCOc2ccccc2-c2cnc[nH]2)cc1. The Morgan fingerprint density at radius 2 is 1.96 bits per heavy atom. The summed E-state index contributed by atoms with van der Waals surface area (Å²) in [5.74, 6) is 0.813. The van der Waals surface area contributed by atoms with Crippen molar-refractivity contribution in [3.8, 4) is 17.0 Å². The van der Waals surface area contributed by atoms with Crippen LogP contribution < -0.4 is 10.1 Å². The molecule has 1 heterocycles. The van der Waals surface area contributed by atoms with Crippen LogP contribution in [0, 0.1) is 0 Å². The summed E-state index contributed by atoms with van der Waals surface area (Å²) < 4.78 is 5.96. The van der Waals surface area contributed by atoms with Crippen molar-refractivity contribution in [2.24, 2.45) is 0 Å². The molecule has 0 saturated heterocycles. The quantitative estimate of drug-likeness (QED) is 0.639. The van der Waals surface area contributed by atoms with E-state index in [1.165, 1.54) is 0 Å². The van der Waals surface area contributed by atoms with Gasteiger partial charge in [-0.15, -0.1) is 9.24 Å². The molecule has 0 aliphatic rings. The third kappa shape index (κ3) is 4.68. The first-order valence-corrected chi connectivity index (χ1v) is 8.87. The summed E-state index contributed by atoms with van der Waals surface area (Å²) in [4.78, 5) is 18.5. The van der Waals surface area contributed by atoms with E-state index in [0.717, 1.165) is 34.7 Å². The summed E-state index contributed by atoms with van der Waals surface area (Å²) in [6.45, 7) is 0.572. The lowest BCUT2D eigenvalue weighted by Gasteiger charge is -2.11. The van der Waals surface area contributed by atoms with Gasteiger partial charge in [0.05, 0.1) is 24.8 Å². The van der Waals surface area contributed by atoms with E-state index < -0.39 is 0 Å². The molecule has 0 aliphatic heterocycles. The van der Waals surface area contributed by atoms with Gasteiger partial charge in [0.2, 0.25) is 5.91 Å². The number of benzene rings is 2. The van der Waals surface area contributed by atoms with Crippen LogP contribution in [-0.4, -0.2) is 28.6 Å². The minimum Gasteiger partial charge on any atom is -0.493 e. The molecule has 0 radical (unpaired) electrons. The number of nitrogens with zero attached hydrogens (tertiary/aromatic N) is 1. The molecule has 128 valence electrons. The number of para-hydroxylation sites is 1. The fourth-order valence-electron chi connectivity index (χ4n) is 2.46. The van der Waals surface area contributed by atoms with E-state index in [-0.39, 0.29) is 5.91 Å². The molecule has 0 spiro atoms. The van der Waals surface area contributed by atoms with Crippen LogP contribution in [-0.2, 0) is 11.2 Å². The van der Waals surface area contributed by atoms with Crippen LogP contribution in [0.25, 0.3) is 11.3 Å². The summed E-state index contributed by atoms with van der Waals surface area (Å²) in [6.07, 6.45) is 4.62. The number of H-pyrrole nitrogens is 1. The number of ether oxygens (including phenoxy) is 1. The van der Waals surface area contributed by atoms with Crippen LogP contribution >= 0.6 is 9.24 Å². The topological polar surface area (TPSA) is 67.0 Å². The molecule has 3 rings (SSSR count). The Kier molecular flexibility index (Phi) is 5.81. The molecular formula is C19H20N3O2P. The third-order valence-electron chi connectivity index (χ3n) is 3.75. The predicted octanol–water partition coefficient (Wildman–Crippen LogP) is 3.51. The zero-order chi connectivity index (χ0) is 17.5. The van der Waals surface area contributed by atoms with Gasteiger partial charge in [-0.25, -0.2) is 4.98 Å². The number of hydrogen-bond acceptors (Lipinski definition) is 3. The van der Waals surface area contributed by atoms with E-state index in [1.54, 1.807) is 12.5 Å². The lowest BCUT2D eigenvalue weighted by Crippen LogP contribution is -2.12. The fraction of sp³-hybridized carbons (Fsp3) is 0.158. The Bertz CT molecular complexity index is 817. The molecule has 0 saturated carbocycles. The van der Waals surface area contributed by atoms with Gasteiger partial charge in [-0.2, -0.15) is 0 Å². The van der Waals surface area contributed by atoms with Crippen LogP contribution in [0.3, 0.4) is 0 Å². The lowest BCUT2D eigenvalue weighted by molar-refractivity contribution is -0.113. The lowest BCUT2D eigenvalue weighted by atomic mass is 10.1. The van der Waals surface area contributed by atoms with Crippen molar-refractivity contribution >= 4 is 20.8 Å². The highest BCUT2D eigenvalue weighted by molar-refractivity contribution is 7.18. The molecule has 0 aliphatic carbocycles. The summed E-state index contributed by atoms with van der Waals surface area (Å²) in [5.41, 5.74) is 3.89. The number of hydrogen-bond donors (Lipinski definition) is 2. The van der Waals surface area contributed by atoms with E-state index in [4.69, 9.17) is 4.74 Å². The Hall–Kier alpha value is -2.65. The largest absolute Gasteiger partial charge is 0.493 e. The van der Waals surface area contributed by atoms with E-state index in [9.17, 15) is 4.79 Å². The number of nitrogens with one attached hydrogen (secondary N) is 2. The van der Waals surface area contributed by atoms with Crippen molar-refractivity contribution in [2.45, 2.75) is 6.42 Å². The van der Waals surface area contributed by atoms with Gasteiger partial charge in [-0.3, -0.25) is 4.79 Å². The molecular weight excluding hydrogens is 333 g/mol. The first kappa shape index (κ1) is 17.2. The van der Waals surface area contributed by atoms with Crippen LogP contribution in [0.15, 0.2) is 61.1 Å². The van der Waals surface area contributed by atoms with Gasteiger partial charge >= 0.3 is 0 Å². The van der Waals surface area contributed by atoms with Crippen molar-refractivity contribution in [1.82, 2.24) is 9.97 Å². The summed E-state index contributed by atoms with van der Waals surface area (Å²) in [5, 5.41) is 2.82. The first-order valence-electron chi connectivity index (χ1n) is 8.05. The maximum absolute atomic E-state index is 11.4. The molecule has 0 fully saturated rings. The Morgan fingerprint density at radius 1 is 1.16 bits per heavy atom. The third-order valence-corrected chi connectivity index (χ3v) is 4.12. The van der Waals surface area contributed by atoms with Crippen LogP contribution in [0.5, 0.6) is 5.75 Å². The molecule has 3 aromatic rings. The van der Waals surface area contributed by atoms with Crippen molar-refractivity contribution in [3.05, 3.63) is 66.6 Å². The second kappa shape index (κ2) is 8.45. The van der Waals surface area contributed by atoms with Gasteiger partial charge in [0, 0.05) is 23.8 Å². The molecule has 2 aromatic carbocycles. The number of amides is 1. The summed E-state index contributed by atoms with van der Waals surface area (Å²) in [6, 6.07) is 15.7. The van der Waals surface area contributed by atoms with Gasteiger partial charge in [-0.1, -0.05) is 24.3 Å². The Labute approximate surface area is 149 Å². The normalized spacial score (nSPS) is 10.4. The predicted molar refractivity (Wildman–Crippen MR) is 103 cm³/mol. The van der Waals surface area contributed by atoms with Gasteiger partial charge in [-0.05, 0) is 29.8 Å². The van der Waals surface area contributed by atoms with E-state index in [2.05, 4.69) is 24.5 Å². The summed E-state index contributed by atoms with van der Waals surface area (Å²) in [7, 11) is 2.41. The van der Waals surface area contributed by atoms with Crippen LogP contribution in [0.1, 0.15) is 5.56 Å². The van der Waals surface area contributed by atoms with Crippen molar-refractivity contribution in [1.29, 1.82) is 0 Å².